The lowest BCUT2D eigenvalue weighted by atomic mass is 9.78. The van der Waals surface area contributed by atoms with Crippen LogP contribution in [0.25, 0.3) is 0 Å². The summed E-state index contributed by atoms with van der Waals surface area (Å²) >= 11 is 0. The Kier molecular flexibility index (Phi) is 4.68. The Morgan fingerprint density at radius 3 is 2.70 bits per heavy atom. The highest BCUT2D eigenvalue weighted by atomic mass is 16.2. The number of nitrogens with two attached hydrogens (primary N) is 1. The van der Waals surface area contributed by atoms with Crippen molar-refractivity contribution in [2.24, 2.45) is 10.8 Å². The highest BCUT2D eigenvalue weighted by molar-refractivity contribution is 5.85. The van der Waals surface area contributed by atoms with E-state index in [1.807, 2.05) is 0 Å². The summed E-state index contributed by atoms with van der Waals surface area (Å²) in [6, 6.07) is 4.20. The molecule has 1 aromatic rings. The Morgan fingerprint density at radius 2 is 2.13 bits per heavy atom. The Bertz CT molecular complexity index is 634. The van der Waals surface area contributed by atoms with Gasteiger partial charge in [-0.1, -0.05) is 6.92 Å². The normalized spacial score (nSPS) is 20.0. The van der Waals surface area contributed by atoms with Crippen LogP contribution in [0.4, 0.5) is 10.5 Å². The molecule has 0 saturated heterocycles. The summed E-state index contributed by atoms with van der Waals surface area (Å²) in [5.74, 6) is 0.479. The maximum Gasteiger partial charge on any atom is 0.332 e. The van der Waals surface area contributed by atoms with Crippen molar-refractivity contribution in [3.63, 3.8) is 0 Å². The number of carbonyl (C=O) groups excluding carboxylic acids is 1. The average Bonchev–Trinajstić information content (AvgIpc) is 2.38. The van der Waals surface area contributed by atoms with Gasteiger partial charge in [-0.2, -0.15) is 5.10 Å². The summed E-state index contributed by atoms with van der Waals surface area (Å²) in [5.41, 5.74) is 12.2. The van der Waals surface area contributed by atoms with E-state index in [9.17, 15) is 4.79 Å². The zero-order valence-corrected chi connectivity index (χ0v) is 15.0. The molecule has 1 atom stereocenters. The van der Waals surface area contributed by atoms with Crippen LogP contribution >= 0.6 is 0 Å². The molecule has 1 aromatic carbocycles. The minimum atomic E-state index is -0.655. The number of hydrogen-bond donors (Lipinski definition) is 2. The number of hydrazone groups is 1. The number of aryl methyl sites for hydroxylation is 1. The first-order chi connectivity index (χ1) is 10.6. The van der Waals surface area contributed by atoms with Gasteiger partial charge in [0, 0.05) is 17.3 Å². The lowest BCUT2D eigenvalue weighted by Crippen LogP contribution is -2.51. The highest BCUT2D eigenvalue weighted by Crippen LogP contribution is 2.45. The van der Waals surface area contributed by atoms with Gasteiger partial charge >= 0.3 is 6.03 Å². The number of hydrogen-bond acceptors (Lipinski definition) is 3. The number of anilines is 1. The van der Waals surface area contributed by atoms with E-state index >= 15 is 0 Å². The van der Waals surface area contributed by atoms with E-state index in [0.717, 1.165) is 17.5 Å². The van der Waals surface area contributed by atoms with Crippen LogP contribution in [0.15, 0.2) is 17.2 Å². The smallest absolute Gasteiger partial charge is 0.332 e. The van der Waals surface area contributed by atoms with Crippen LogP contribution in [0, 0.1) is 6.92 Å². The number of benzene rings is 1. The van der Waals surface area contributed by atoms with Crippen molar-refractivity contribution < 1.29 is 4.79 Å². The van der Waals surface area contributed by atoms with Gasteiger partial charge < -0.3 is 10.6 Å². The standard InChI is InChI=1S/C18H28N4O/c1-11(2)22-16-7-12(3)14(10-20-21-17(19)23)8-15(16)13(4)9-18(22,5)6/h7-8,10-11,13H,9H2,1-6H3,(H3,19,21,23)/b20-10-/t13-/m0/s1. The highest BCUT2D eigenvalue weighted by Gasteiger charge is 2.37. The minimum absolute atomic E-state index is 0.135. The monoisotopic (exact) mass is 316 g/mol. The van der Waals surface area contributed by atoms with Gasteiger partial charge in [0.2, 0.25) is 0 Å². The number of urea groups is 1. The fraction of sp³-hybridized carbons (Fsp3) is 0.556. The fourth-order valence-electron chi connectivity index (χ4n) is 3.90. The number of nitrogens with one attached hydrogen (secondary N) is 1. The second-order valence-electron chi connectivity index (χ2n) is 7.38. The molecule has 0 fully saturated rings. The predicted molar refractivity (Wildman–Crippen MR) is 96.2 cm³/mol. The van der Waals surface area contributed by atoms with Crippen LogP contribution in [-0.4, -0.2) is 23.8 Å². The van der Waals surface area contributed by atoms with E-state index in [1.54, 1.807) is 6.21 Å². The molecule has 5 nitrogen and oxygen atoms in total. The fourth-order valence-corrected chi connectivity index (χ4v) is 3.90. The van der Waals surface area contributed by atoms with Crippen molar-refractivity contribution in [2.75, 3.05) is 4.90 Å². The predicted octanol–water partition coefficient (Wildman–Crippen LogP) is 3.50. The number of fused-ring (bicyclic) bond motifs is 1. The SMILES string of the molecule is Cc1cc2c(cc1/C=N\NC(N)=O)[C@@H](C)CC(C)(C)N2C(C)C. The zero-order valence-electron chi connectivity index (χ0n) is 15.0. The third-order valence-electron chi connectivity index (χ3n) is 4.56. The molecular weight excluding hydrogens is 288 g/mol. The van der Waals surface area contributed by atoms with Gasteiger partial charge in [0.15, 0.2) is 0 Å². The number of carbonyl (C=O) groups is 1. The van der Waals surface area contributed by atoms with Crippen molar-refractivity contribution in [2.45, 2.75) is 65.5 Å². The van der Waals surface area contributed by atoms with Crippen molar-refractivity contribution in [1.82, 2.24) is 5.43 Å². The zero-order chi connectivity index (χ0) is 17.4. The van der Waals surface area contributed by atoms with Gasteiger partial charge in [0.1, 0.15) is 0 Å². The molecule has 0 aliphatic carbocycles. The largest absolute Gasteiger partial charge is 0.364 e. The first kappa shape index (κ1) is 17.3. The molecular formula is C18H28N4O. The number of nitrogens with zero attached hydrogens (tertiary/aromatic N) is 2. The Labute approximate surface area is 138 Å². The summed E-state index contributed by atoms with van der Waals surface area (Å²) in [6.07, 6.45) is 2.77. The molecule has 0 radical (unpaired) electrons. The van der Waals surface area contributed by atoms with E-state index in [1.165, 1.54) is 11.3 Å². The molecule has 0 spiro atoms. The molecule has 0 saturated carbocycles. The van der Waals surface area contributed by atoms with E-state index in [2.05, 4.69) is 69.1 Å². The van der Waals surface area contributed by atoms with E-state index < -0.39 is 6.03 Å². The van der Waals surface area contributed by atoms with Crippen LogP contribution in [0.2, 0.25) is 0 Å². The molecule has 3 N–H and O–H groups in total. The lowest BCUT2D eigenvalue weighted by molar-refractivity contribution is 0.249. The van der Waals surface area contributed by atoms with E-state index in [0.29, 0.717) is 12.0 Å². The maximum atomic E-state index is 10.7. The van der Waals surface area contributed by atoms with Gasteiger partial charge in [0.05, 0.1) is 6.21 Å². The summed E-state index contributed by atoms with van der Waals surface area (Å²) in [5, 5.41) is 3.90. The molecule has 1 aliphatic heterocycles. The molecule has 2 rings (SSSR count). The Balaban J connectivity index is 2.48. The number of primary amides is 1. The van der Waals surface area contributed by atoms with Crippen LogP contribution in [-0.2, 0) is 0 Å². The molecule has 1 aliphatic rings. The van der Waals surface area contributed by atoms with E-state index in [4.69, 9.17) is 5.73 Å². The molecule has 23 heavy (non-hydrogen) atoms. The van der Waals surface area contributed by atoms with Crippen LogP contribution in [0.5, 0.6) is 0 Å². The average molecular weight is 316 g/mol. The number of rotatable bonds is 3. The van der Waals surface area contributed by atoms with Crippen LogP contribution in [0.1, 0.15) is 63.6 Å². The molecule has 126 valence electrons. The lowest BCUT2D eigenvalue weighted by Gasteiger charge is -2.50. The Hall–Kier alpha value is -2.04. The second-order valence-corrected chi connectivity index (χ2v) is 7.38. The first-order valence-electron chi connectivity index (χ1n) is 8.16. The van der Waals surface area contributed by atoms with Crippen LogP contribution in [0.3, 0.4) is 0 Å². The minimum Gasteiger partial charge on any atom is -0.364 e. The van der Waals surface area contributed by atoms with Crippen molar-refractivity contribution >= 4 is 17.9 Å². The summed E-state index contributed by atoms with van der Waals surface area (Å²) < 4.78 is 0. The first-order valence-corrected chi connectivity index (χ1v) is 8.16. The van der Waals surface area contributed by atoms with Crippen molar-refractivity contribution in [3.05, 3.63) is 28.8 Å². The quantitative estimate of drug-likeness (QED) is 0.662. The molecule has 0 unspecified atom stereocenters. The molecule has 5 heteroatoms. The summed E-state index contributed by atoms with van der Waals surface area (Å²) in [7, 11) is 0. The van der Waals surface area contributed by atoms with Crippen molar-refractivity contribution in [3.8, 4) is 0 Å². The molecule has 0 aromatic heterocycles. The molecule has 1 heterocycles. The van der Waals surface area contributed by atoms with Gasteiger partial charge in [-0.05, 0) is 75.8 Å². The van der Waals surface area contributed by atoms with Crippen molar-refractivity contribution in [1.29, 1.82) is 0 Å². The topological polar surface area (TPSA) is 70.7 Å². The third kappa shape index (κ3) is 3.49. The van der Waals surface area contributed by atoms with E-state index in [-0.39, 0.29) is 5.54 Å². The van der Waals surface area contributed by atoms with Gasteiger partial charge in [0.25, 0.3) is 0 Å². The summed E-state index contributed by atoms with van der Waals surface area (Å²) in [4.78, 5) is 13.3. The van der Waals surface area contributed by atoms with Gasteiger partial charge in [-0.3, -0.25) is 0 Å². The number of amides is 2. The second kappa shape index (κ2) is 6.22. The van der Waals surface area contributed by atoms with Crippen LogP contribution < -0.4 is 16.1 Å². The molecule has 0 bridgehead atoms. The summed E-state index contributed by atoms with van der Waals surface area (Å²) in [6.45, 7) is 13.4. The Morgan fingerprint density at radius 1 is 1.48 bits per heavy atom. The van der Waals surface area contributed by atoms with Gasteiger partial charge in [-0.15, -0.1) is 0 Å². The van der Waals surface area contributed by atoms with Gasteiger partial charge in [-0.25, -0.2) is 10.2 Å². The molecule has 2 amide bonds. The third-order valence-corrected chi connectivity index (χ3v) is 4.56. The maximum absolute atomic E-state index is 10.7.